The van der Waals surface area contributed by atoms with Gasteiger partial charge in [0.25, 0.3) is 0 Å². The molecule has 0 amide bonds. The molecule has 21 heavy (non-hydrogen) atoms. The Kier molecular flexibility index (Phi) is 2.97. The van der Waals surface area contributed by atoms with E-state index in [-0.39, 0.29) is 6.04 Å². The normalized spacial score (nSPS) is 17.9. The second-order valence-electron chi connectivity index (χ2n) is 5.72. The zero-order valence-electron chi connectivity index (χ0n) is 11.8. The van der Waals surface area contributed by atoms with E-state index in [0.29, 0.717) is 6.42 Å². The van der Waals surface area contributed by atoms with Crippen LogP contribution in [-0.4, -0.2) is 15.0 Å². The van der Waals surface area contributed by atoms with E-state index in [1.165, 1.54) is 12.0 Å². The molecule has 0 bridgehead atoms. The number of fused-ring (bicyclic) bond motifs is 2. The van der Waals surface area contributed by atoms with Gasteiger partial charge in [-0.15, -0.1) is 0 Å². The van der Waals surface area contributed by atoms with Gasteiger partial charge in [-0.25, -0.2) is 4.98 Å². The number of para-hydroxylation sites is 2. The van der Waals surface area contributed by atoms with Gasteiger partial charge in [0.2, 0.25) is 0 Å². The first-order valence-corrected chi connectivity index (χ1v) is 7.47. The third-order valence-corrected chi connectivity index (χ3v) is 4.17. The number of benzene rings is 1. The minimum absolute atomic E-state index is 0.0874. The molecule has 1 aromatic carbocycles. The van der Waals surface area contributed by atoms with Crippen LogP contribution < -0.4 is 5.73 Å². The Balaban J connectivity index is 1.66. The van der Waals surface area contributed by atoms with Crippen molar-refractivity contribution in [3.63, 3.8) is 0 Å². The summed E-state index contributed by atoms with van der Waals surface area (Å²) in [6, 6.07) is 12.4. The van der Waals surface area contributed by atoms with Crippen LogP contribution in [0.2, 0.25) is 0 Å². The van der Waals surface area contributed by atoms with Gasteiger partial charge in [-0.3, -0.25) is 4.98 Å². The molecule has 0 spiro atoms. The molecular weight excluding hydrogens is 260 g/mol. The SMILES string of the molecule is NC1CCCc2ccc(Cc3nc4ccccc4[nH]3)nc21. The van der Waals surface area contributed by atoms with Gasteiger partial charge in [0.05, 0.1) is 16.7 Å². The summed E-state index contributed by atoms with van der Waals surface area (Å²) in [7, 11) is 0. The molecule has 2 heterocycles. The molecule has 4 rings (SSSR count). The molecule has 1 aliphatic carbocycles. The molecule has 4 heteroatoms. The molecule has 4 nitrogen and oxygen atoms in total. The van der Waals surface area contributed by atoms with Crippen LogP contribution in [-0.2, 0) is 12.8 Å². The number of aryl methyl sites for hydroxylation is 1. The number of hydrogen-bond acceptors (Lipinski definition) is 3. The zero-order chi connectivity index (χ0) is 14.2. The van der Waals surface area contributed by atoms with Gasteiger partial charge < -0.3 is 10.7 Å². The molecule has 0 fully saturated rings. The molecule has 2 aromatic heterocycles. The van der Waals surface area contributed by atoms with Crippen LogP contribution in [0.25, 0.3) is 11.0 Å². The summed E-state index contributed by atoms with van der Waals surface area (Å²) in [5, 5.41) is 0. The summed E-state index contributed by atoms with van der Waals surface area (Å²) in [5.41, 5.74) is 11.7. The monoisotopic (exact) mass is 278 g/mol. The van der Waals surface area contributed by atoms with E-state index in [4.69, 9.17) is 10.7 Å². The molecule has 0 saturated heterocycles. The number of pyridine rings is 1. The van der Waals surface area contributed by atoms with E-state index in [1.807, 2.05) is 24.3 Å². The number of nitrogens with two attached hydrogens (primary N) is 1. The third kappa shape index (κ3) is 2.32. The number of imidazole rings is 1. The number of nitrogens with one attached hydrogen (secondary N) is 1. The quantitative estimate of drug-likeness (QED) is 0.757. The molecule has 3 aromatic rings. The first kappa shape index (κ1) is 12.5. The Morgan fingerprint density at radius 2 is 2.05 bits per heavy atom. The van der Waals surface area contributed by atoms with E-state index in [1.54, 1.807) is 0 Å². The van der Waals surface area contributed by atoms with Gasteiger partial charge in [0.1, 0.15) is 5.82 Å². The maximum Gasteiger partial charge on any atom is 0.113 e. The summed E-state index contributed by atoms with van der Waals surface area (Å²) >= 11 is 0. The van der Waals surface area contributed by atoms with Gasteiger partial charge in [0.15, 0.2) is 0 Å². The van der Waals surface area contributed by atoms with Crippen molar-refractivity contribution in [3.05, 3.63) is 59.2 Å². The number of nitrogens with zero attached hydrogens (tertiary/aromatic N) is 2. The van der Waals surface area contributed by atoms with Crippen molar-refractivity contribution in [1.82, 2.24) is 15.0 Å². The lowest BCUT2D eigenvalue weighted by atomic mass is 9.92. The molecule has 1 atom stereocenters. The lowest BCUT2D eigenvalue weighted by Crippen LogP contribution is -2.19. The summed E-state index contributed by atoms with van der Waals surface area (Å²) < 4.78 is 0. The predicted molar refractivity (Wildman–Crippen MR) is 83.0 cm³/mol. The highest BCUT2D eigenvalue weighted by molar-refractivity contribution is 5.74. The zero-order valence-corrected chi connectivity index (χ0v) is 11.8. The number of rotatable bonds is 2. The third-order valence-electron chi connectivity index (χ3n) is 4.17. The average Bonchev–Trinajstić information content (AvgIpc) is 2.90. The highest BCUT2D eigenvalue weighted by Gasteiger charge is 2.18. The van der Waals surface area contributed by atoms with Gasteiger partial charge >= 0.3 is 0 Å². The van der Waals surface area contributed by atoms with E-state index in [2.05, 4.69) is 22.1 Å². The Bertz CT molecular complexity index is 757. The molecule has 0 radical (unpaired) electrons. The molecule has 1 aliphatic rings. The van der Waals surface area contributed by atoms with E-state index in [0.717, 1.165) is 41.1 Å². The fourth-order valence-corrected chi connectivity index (χ4v) is 3.09. The lowest BCUT2D eigenvalue weighted by Gasteiger charge is -2.21. The molecule has 0 saturated carbocycles. The Labute approximate surface area is 123 Å². The molecular formula is C17H18N4. The van der Waals surface area contributed by atoms with Crippen molar-refractivity contribution in [2.45, 2.75) is 31.7 Å². The minimum atomic E-state index is 0.0874. The first-order chi connectivity index (χ1) is 10.3. The first-order valence-electron chi connectivity index (χ1n) is 7.47. The van der Waals surface area contributed by atoms with Gasteiger partial charge in [-0.1, -0.05) is 18.2 Å². The number of aromatic amines is 1. The standard InChI is InChI=1S/C17H18N4/c18-13-5-3-4-11-8-9-12(19-17(11)13)10-16-20-14-6-1-2-7-15(14)21-16/h1-2,6-9,13H,3-5,10,18H2,(H,20,21). The predicted octanol–water partition coefficient (Wildman–Crippen LogP) is 2.88. The van der Waals surface area contributed by atoms with Gasteiger partial charge in [0, 0.05) is 18.2 Å². The highest BCUT2D eigenvalue weighted by atomic mass is 14.9. The average molecular weight is 278 g/mol. The van der Waals surface area contributed by atoms with Crippen LogP contribution in [0, 0.1) is 0 Å². The summed E-state index contributed by atoms with van der Waals surface area (Å²) in [4.78, 5) is 12.7. The molecule has 0 aliphatic heterocycles. The number of hydrogen-bond donors (Lipinski definition) is 2. The van der Waals surface area contributed by atoms with Crippen molar-refractivity contribution in [2.24, 2.45) is 5.73 Å². The Morgan fingerprint density at radius 1 is 1.14 bits per heavy atom. The smallest absolute Gasteiger partial charge is 0.113 e. The summed E-state index contributed by atoms with van der Waals surface area (Å²) in [6.07, 6.45) is 4.02. The van der Waals surface area contributed by atoms with Crippen LogP contribution in [0.5, 0.6) is 0 Å². The van der Waals surface area contributed by atoms with Crippen molar-refractivity contribution < 1.29 is 0 Å². The van der Waals surface area contributed by atoms with Crippen LogP contribution in [0.1, 0.15) is 41.7 Å². The Morgan fingerprint density at radius 3 is 2.95 bits per heavy atom. The number of H-pyrrole nitrogens is 1. The second kappa shape index (κ2) is 4.97. The maximum atomic E-state index is 6.18. The second-order valence-corrected chi connectivity index (χ2v) is 5.72. The van der Waals surface area contributed by atoms with Crippen molar-refractivity contribution in [1.29, 1.82) is 0 Å². The number of aromatic nitrogens is 3. The summed E-state index contributed by atoms with van der Waals surface area (Å²) in [6.45, 7) is 0. The minimum Gasteiger partial charge on any atom is -0.342 e. The molecule has 1 unspecified atom stereocenters. The fourth-order valence-electron chi connectivity index (χ4n) is 3.09. The topological polar surface area (TPSA) is 67.6 Å². The van der Waals surface area contributed by atoms with Crippen LogP contribution in [0.3, 0.4) is 0 Å². The fraction of sp³-hybridized carbons (Fsp3) is 0.294. The Hall–Kier alpha value is -2.20. The van der Waals surface area contributed by atoms with Crippen LogP contribution in [0.15, 0.2) is 36.4 Å². The van der Waals surface area contributed by atoms with E-state index < -0.39 is 0 Å². The van der Waals surface area contributed by atoms with Gasteiger partial charge in [-0.05, 0) is 43.0 Å². The van der Waals surface area contributed by atoms with E-state index in [9.17, 15) is 0 Å². The largest absolute Gasteiger partial charge is 0.342 e. The molecule has 106 valence electrons. The van der Waals surface area contributed by atoms with Crippen molar-refractivity contribution in [2.75, 3.05) is 0 Å². The lowest BCUT2D eigenvalue weighted by molar-refractivity contribution is 0.551. The highest BCUT2D eigenvalue weighted by Crippen LogP contribution is 2.26. The maximum absolute atomic E-state index is 6.18. The summed E-state index contributed by atoms with van der Waals surface area (Å²) in [5.74, 6) is 0.952. The van der Waals surface area contributed by atoms with Crippen molar-refractivity contribution >= 4 is 11.0 Å². The van der Waals surface area contributed by atoms with Gasteiger partial charge in [-0.2, -0.15) is 0 Å². The van der Waals surface area contributed by atoms with Crippen LogP contribution >= 0.6 is 0 Å². The van der Waals surface area contributed by atoms with Crippen LogP contribution in [0.4, 0.5) is 0 Å². The van der Waals surface area contributed by atoms with Crippen molar-refractivity contribution in [3.8, 4) is 0 Å². The van der Waals surface area contributed by atoms with E-state index >= 15 is 0 Å². The molecule has 3 N–H and O–H groups in total.